The van der Waals surface area contributed by atoms with Crippen molar-refractivity contribution in [1.29, 1.82) is 0 Å². The van der Waals surface area contributed by atoms with Gasteiger partial charge < -0.3 is 15.0 Å². The molecule has 3 rings (SSSR count). The Kier molecular flexibility index (Phi) is 5.71. The van der Waals surface area contributed by atoms with Gasteiger partial charge in [0.25, 0.3) is 0 Å². The van der Waals surface area contributed by atoms with Crippen LogP contribution in [0.25, 0.3) is 0 Å². The van der Waals surface area contributed by atoms with Crippen molar-refractivity contribution < 1.29 is 19.1 Å². The van der Waals surface area contributed by atoms with Gasteiger partial charge in [-0.25, -0.2) is 4.79 Å². The standard InChI is InChI=1S/C20H21N3O4/c1-27-20(26)22-16-9-7-14(8-10-16)12-21-19(25)15-11-18(24)23(13-15)17-5-3-2-4-6-17/h2-10,15H,11-13H2,1H3,(H,21,25)(H,22,26)/t15-/m0/s1. The Morgan fingerprint density at radius 1 is 1.11 bits per heavy atom. The highest BCUT2D eigenvalue weighted by Crippen LogP contribution is 2.25. The van der Waals surface area contributed by atoms with E-state index in [4.69, 9.17) is 0 Å². The average molecular weight is 367 g/mol. The first-order valence-corrected chi connectivity index (χ1v) is 8.64. The molecule has 0 unspecified atom stereocenters. The van der Waals surface area contributed by atoms with Crippen LogP contribution in [0, 0.1) is 5.92 Å². The van der Waals surface area contributed by atoms with Crippen molar-refractivity contribution in [3.63, 3.8) is 0 Å². The molecule has 1 heterocycles. The molecule has 7 nitrogen and oxygen atoms in total. The van der Waals surface area contributed by atoms with Crippen molar-refractivity contribution in [2.75, 3.05) is 23.9 Å². The van der Waals surface area contributed by atoms with Gasteiger partial charge in [0.2, 0.25) is 11.8 Å². The summed E-state index contributed by atoms with van der Waals surface area (Å²) in [5, 5.41) is 5.44. The number of carbonyl (C=O) groups excluding carboxylic acids is 3. The fourth-order valence-electron chi connectivity index (χ4n) is 2.95. The van der Waals surface area contributed by atoms with Crippen LogP contribution >= 0.6 is 0 Å². The summed E-state index contributed by atoms with van der Waals surface area (Å²) in [6, 6.07) is 16.4. The van der Waals surface area contributed by atoms with Crippen molar-refractivity contribution in [1.82, 2.24) is 5.32 Å². The van der Waals surface area contributed by atoms with E-state index in [0.29, 0.717) is 18.8 Å². The molecule has 7 heteroatoms. The molecule has 0 saturated carbocycles. The number of nitrogens with one attached hydrogen (secondary N) is 2. The fraction of sp³-hybridized carbons (Fsp3) is 0.250. The fourth-order valence-corrected chi connectivity index (χ4v) is 2.95. The van der Waals surface area contributed by atoms with E-state index in [0.717, 1.165) is 11.3 Å². The minimum absolute atomic E-state index is 0.0420. The van der Waals surface area contributed by atoms with E-state index >= 15 is 0 Å². The van der Waals surface area contributed by atoms with Gasteiger partial charge in [-0.3, -0.25) is 14.9 Å². The number of benzene rings is 2. The third kappa shape index (κ3) is 4.63. The molecule has 1 fully saturated rings. The zero-order valence-electron chi connectivity index (χ0n) is 15.0. The molecule has 1 aliphatic heterocycles. The first kappa shape index (κ1) is 18.4. The molecule has 1 saturated heterocycles. The second kappa shape index (κ2) is 8.35. The lowest BCUT2D eigenvalue weighted by molar-refractivity contribution is -0.126. The second-order valence-corrected chi connectivity index (χ2v) is 6.27. The van der Waals surface area contributed by atoms with Gasteiger partial charge in [-0.2, -0.15) is 0 Å². The highest BCUT2D eigenvalue weighted by Gasteiger charge is 2.34. The van der Waals surface area contributed by atoms with Crippen molar-refractivity contribution >= 4 is 29.3 Å². The van der Waals surface area contributed by atoms with Crippen LogP contribution in [0.3, 0.4) is 0 Å². The number of amides is 3. The van der Waals surface area contributed by atoms with Crippen LogP contribution in [0.2, 0.25) is 0 Å². The third-order valence-corrected chi connectivity index (χ3v) is 4.42. The zero-order valence-corrected chi connectivity index (χ0v) is 15.0. The number of carbonyl (C=O) groups is 3. The largest absolute Gasteiger partial charge is 0.453 e. The summed E-state index contributed by atoms with van der Waals surface area (Å²) in [5.74, 6) is -0.545. The molecule has 3 amide bonds. The Bertz CT molecular complexity index is 821. The summed E-state index contributed by atoms with van der Waals surface area (Å²) >= 11 is 0. The molecule has 140 valence electrons. The monoisotopic (exact) mass is 367 g/mol. The van der Waals surface area contributed by atoms with Crippen molar-refractivity contribution in [2.45, 2.75) is 13.0 Å². The third-order valence-electron chi connectivity index (χ3n) is 4.42. The van der Waals surface area contributed by atoms with E-state index in [1.54, 1.807) is 17.0 Å². The highest BCUT2D eigenvalue weighted by molar-refractivity contribution is 6.00. The summed E-state index contributed by atoms with van der Waals surface area (Å²) in [4.78, 5) is 37.5. The van der Waals surface area contributed by atoms with E-state index in [2.05, 4.69) is 15.4 Å². The Morgan fingerprint density at radius 2 is 1.81 bits per heavy atom. The summed E-state index contributed by atoms with van der Waals surface area (Å²) in [6.45, 7) is 0.740. The number of rotatable bonds is 5. The van der Waals surface area contributed by atoms with Crippen LogP contribution in [-0.4, -0.2) is 31.6 Å². The predicted octanol–water partition coefficient (Wildman–Crippen LogP) is 2.53. The number of nitrogens with zero attached hydrogens (tertiary/aromatic N) is 1. The van der Waals surface area contributed by atoms with Crippen LogP contribution in [0.5, 0.6) is 0 Å². The molecule has 0 spiro atoms. The quantitative estimate of drug-likeness (QED) is 0.850. The Hall–Kier alpha value is -3.35. The molecule has 0 bridgehead atoms. The summed E-state index contributed by atoms with van der Waals surface area (Å²) in [7, 11) is 1.30. The second-order valence-electron chi connectivity index (χ2n) is 6.27. The average Bonchev–Trinajstić information content (AvgIpc) is 3.09. The van der Waals surface area contributed by atoms with Gasteiger partial charge in [-0.1, -0.05) is 30.3 Å². The first-order chi connectivity index (χ1) is 13.1. The molecule has 0 aromatic heterocycles. The molecule has 0 radical (unpaired) electrons. The smallest absolute Gasteiger partial charge is 0.411 e. The Morgan fingerprint density at radius 3 is 2.48 bits per heavy atom. The Labute approximate surface area is 157 Å². The number of anilines is 2. The maximum Gasteiger partial charge on any atom is 0.411 e. The number of ether oxygens (including phenoxy) is 1. The maximum absolute atomic E-state index is 12.4. The zero-order chi connectivity index (χ0) is 19.2. The lowest BCUT2D eigenvalue weighted by Crippen LogP contribution is -2.32. The molecule has 2 aromatic carbocycles. The molecule has 1 atom stereocenters. The van der Waals surface area contributed by atoms with E-state index in [-0.39, 0.29) is 24.2 Å². The summed E-state index contributed by atoms with van der Waals surface area (Å²) in [6.07, 6.45) is -0.326. The molecule has 2 N–H and O–H groups in total. The van der Waals surface area contributed by atoms with Gasteiger partial charge in [0.05, 0.1) is 13.0 Å². The molecule has 2 aromatic rings. The van der Waals surface area contributed by atoms with Crippen molar-refractivity contribution in [3.8, 4) is 0 Å². The molecule has 0 aliphatic carbocycles. The molecule has 1 aliphatic rings. The van der Waals surface area contributed by atoms with Crippen LogP contribution in [0.4, 0.5) is 16.2 Å². The molecule has 27 heavy (non-hydrogen) atoms. The van der Waals surface area contributed by atoms with Crippen LogP contribution in [0.1, 0.15) is 12.0 Å². The minimum atomic E-state index is -0.537. The molecular weight excluding hydrogens is 346 g/mol. The first-order valence-electron chi connectivity index (χ1n) is 8.64. The normalized spacial score (nSPS) is 16.1. The SMILES string of the molecule is COC(=O)Nc1ccc(CNC(=O)[C@H]2CC(=O)N(c3ccccc3)C2)cc1. The summed E-state index contributed by atoms with van der Waals surface area (Å²) in [5.41, 5.74) is 2.31. The van der Waals surface area contributed by atoms with Crippen LogP contribution in [-0.2, 0) is 20.9 Å². The number of hydrogen-bond donors (Lipinski definition) is 2. The number of para-hydroxylation sites is 1. The Balaban J connectivity index is 1.52. The maximum atomic E-state index is 12.4. The van der Waals surface area contributed by atoms with E-state index in [1.165, 1.54) is 7.11 Å². The lowest BCUT2D eigenvalue weighted by atomic mass is 10.1. The topological polar surface area (TPSA) is 87.7 Å². The van der Waals surface area contributed by atoms with Crippen molar-refractivity contribution in [3.05, 3.63) is 60.2 Å². The highest BCUT2D eigenvalue weighted by atomic mass is 16.5. The lowest BCUT2D eigenvalue weighted by Gasteiger charge is -2.16. The van der Waals surface area contributed by atoms with Gasteiger partial charge in [0.15, 0.2) is 0 Å². The van der Waals surface area contributed by atoms with Crippen LogP contribution < -0.4 is 15.5 Å². The number of methoxy groups -OCH3 is 1. The van der Waals surface area contributed by atoms with Crippen LogP contribution in [0.15, 0.2) is 54.6 Å². The summed E-state index contributed by atoms with van der Waals surface area (Å²) < 4.78 is 4.53. The van der Waals surface area contributed by atoms with Crippen molar-refractivity contribution in [2.24, 2.45) is 5.92 Å². The van der Waals surface area contributed by atoms with Gasteiger partial charge in [-0.15, -0.1) is 0 Å². The van der Waals surface area contributed by atoms with Gasteiger partial charge in [0, 0.05) is 30.9 Å². The van der Waals surface area contributed by atoms with E-state index in [1.807, 2.05) is 42.5 Å². The van der Waals surface area contributed by atoms with E-state index in [9.17, 15) is 14.4 Å². The van der Waals surface area contributed by atoms with Gasteiger partial charge in [0.1, 0.15) is 0 Å². The van der Waals surface area contributed by atoms with Gasteiger partial charge in [-0.05, 0) is 29.8 Å². The minimum Gasteiger partial charge on any atom is -0.453 e. The molecular formula is C20H21N3O4. The predicted molar refractivity (Wildman–Crippen MR) is 101 cm³/mol. The van der Waals surface area contributed by atoms with Gasteiger partial charge >= 0.3 is 6.09 Å². The van der Waals surface area contributed by atoms with E-state index < -0.39 is 6.09 Å². The number of hydrogen-bond acceptors (Lipinski definition) is 4.